The van der Waals surface area contributed by atoms with E-state index < -0.39 is 11.5 Å². The molecule has 0 radical (unpaired) electrons. The topological polar surface area (TPSA) is 103 Å². The number of piperazine rings is 1. The number of aromatic nitrogens is 3. The van der Waals surface area contributed by atoms with Crippen LogP contribution in [0, 0.1) is 0 Å². The molecular formula is C28H30Cl2N6O3. The van der Waals surface area contributed by atoms with Gasteiger partial charge >= 0.3 is 5.97 Å². The Morgan fingerprint density at radius 3 is 2.38 bits per heavy atom. The molecule has 2 aliphatic rings. The standard InChI is InChI=1S/C28H30Cl2N6O3/c1-27(2)15-35(18-6-7-19(29)20(30)12-18)25-24(27)33-21(14-32-25)26(39)36-10-9-34(16-28(36,3)4)22-8-5-17(13-31-22)11-23(37)38/h5-8,12-14H,9-11,15-16H2,1-4H3,(H,37,38). The Balaban J connectivity index is 1.36. The molecule has 1 N–H and O–H groups in total. The van der Waals surface area contributed by atoms with E-state index >= 15 is 0 Å². The van der Waals surface area contributed by atoms with E-state index in [9.17, 15) is 9.59 Å². The van der Waals surface area contributed by atoms with Crippen LogP contribution in [0.15, 0.2) is 42.7 Å². The van der Waals surface area contributed by atoms with Crippen LogP contribution in [0.5, 0.6) is 0 Å². The van der Waals surface area contributed by atoms with E-state index in [4.69, 9.17) is 38.3 Å². The number of fused-ring (bicyclic) bond motifs is 1. The van der Waals surface area contributed by atoms with Gasteiger partial charge in [-0.15, -0.1) is 0 Å². The van der Waals surface area contributed by atoms with Crippen LogP contribution in [0.2, 0.25) is 10.0 Å². The van der Waals surface area contributed by atoms with Crippen molar-refractivity contribution in [2.45, 2.75) is 45.1 Å². The Labute approximate surface area is 237 Å². The fraction of sp³-hybridized carbons (Fsp3) is 0.393. The van der Waals surface area contributed by atoms with Crippen LogP contribution in [0.4, 0.5) is 17.3 Å². The van der Waals surface area contributed by atoms with Crippen LogP contribution >= 0.6 is 23.2 Å². The van der Waals surface area contributed by atoms with Gasteiger partial charge < -0.3 is 19.8 Å². The zero-order valence-electron chi connectivity index (χ0n) is 22.3. The summed E-state index contributed by atoms with van der Waals surface area (Å²) in [6, 6.07) is 9.09. The van der Waals surface area contributed by atoms with Crippen molar-refractivity contribution in [3.63, 3.8) is 0 Å². The Morgan fingerprint density at radius 1 is 0.974 bits per heavy atom. The number of hydrogen-bond donors (Lipinski definition) is 1. The predicted octanol–water partition coefficient (Wildman–Crippen LogP) is 4.98. The van der Waals surface area contributed by atoms with Gasteiger partial charge in [-0.2, -0.15) is 0 Å². The number of amides is 1. The van der Waals surface area contributed by atoms with Crippen molar-refractivity contribution in [2.24, 2.45) is 0 Å². The second-order valence-electron chi connectivity index (χ2n) is 11.3. The first kappa shape index (κ1) is 27.1. The molecule has 1 amide bonds. The lowest BCUT2D eigenvalue weighted by Gasteiger charge is -2.47. The number of hydrogen-bond acceptors (Lipinski definition) is 7. The van der Waals surface area contributed by atoms with Crippen molar-refractivity contribution < 1.29 is 14.7 Å². The maximum absolute atomic E-state index is 13.7. The quantitative estimate of drug-likeness (QED) is 0.459. The first-order valence-corrected chi connectivity index (χ1v) is 13.4. The molecule has 0 spiro atoms. The maximum atomic E-state index is 13.7. The highest BCUT2D eigenvalue weighted by Gasteiger charge is 2.42. The van der Waals surface area contributed by atoms with Gasteiger partial charge in [0.2, 0.25) is 0 Å². The molecule has 9 nitrogen and oxygen atoms in total. The number of halogens is 2. The SMILES string of the molecule is CC1(C)CN(c2ccc(Cl)c(Cl)c2)c2ncc(C(=O)N3CCN(c4ccc(CC(=O)O)cn4)CC3(C)C)nc21. The van der Waals surface area contributed by atoms with Gasteiger partial charge in [0.1, 0.15) is 11.5 Å². The summed E-state index contributed by atoms with van der Waals surface area (Å²) in [5, 5.41) is 9.95. The van der Waals surface area contributed by atoms with Crippen molar-refractivity contribution in [1.82, 2.24) is 19.9 Å². The van der Waals surface area contributed by atoms with Crippen molar-refractivity contribution in [1.29, 1.82) is 0 Å². The molecule has 5 rings (SSSR count). The van der Waals surface area contributed by atoms with Gasteiger partial charge in [-0.05, 0) is 43.7 Å². The van der Waals surface area contributed by atoms with E-state index in [0.717, 1.165) is 17.2 Å². The van der Waals surface area contributed by atoms with E-state index in [-0.39, 0.29) is 17.7 Å². The number of aliphatic carboxylic acids is 1. The Hall–Kier alpha value is -3.43. The lowest BCUT2D eigenvalue weighted by molar-refractivity contribution is -0.136. The van der Waals surface area contributed by atoms with Crippen molar-refractivity contribution >= 4 is 52.4 Å². The molecule has 4 heterocycles. The van der Waals surface area contributed by atoms with Gasteiger partial charge in [0, 0.05) is 43.5 Å². The molecule has 1 fully saturated rings. The fourth-order valence-corrected chi connectivity index (χ4v) is 5.59. The number of carbonyl (C=O) groups is 2. The van der Waals surface area contributed by atoms with Gasteiger partial charge in [0.15, 0.2) is 5.82 Å². The smallest absolute Gasteiger partial charge is 0.307 e. The summed E-state index contributed by atoms with van der Waals surface area (Å²) in [5.74, 6) is 0.406. The van der Waals surface area contributed by atoms with Crippen molar-refractivity contribution in [3.8, 4) is 0 Å². The highest BCUT2D eigenvalue weighted by atomic mass is 35.5. The average Bonchev–Trinajstić information content (AvgIpc) is 3.15. The van der Waals surface area contributed by atoms with Crippen LogP contribution in [0.1, 0.15) is 49.4 Å². The molecule has 0 aliphatic carbocycles. The van der Waals surface area contributed by atoms with Gasteiger partial charge in [-0.25, -0.2) is 15.0 Å². The normalized spacial score (nSPS) is 17.7. The molecule has 39 heavy (non-hydrogen) atoms. The molecule has 1 aromatic carbocycles. The summed E-state index contributed by atoms with van der Waals surface area (Å²) in [4.78, 5) is 44.7. The van der Waals surface area contributed by atoms with E-state index in [1.807, 2.05) is 36.9 Å². The third kappa shape index (κ3) is 5.25. The zero-order valence-corrected chi connectivity index (χ0v) is 23.8. The van der Waals surface area contributed by atoms with Gasteiger partial charge in [0.05, 0.1) is 33.9 Å². The minimum atomic E-state index is -0.891. The number of benzene rings is 1. The summed E-state index contributed by atoms with van der Waals surface area (Å²) in [5.41, 5.74) is 1.76. The number of rotatable bonds is 5. The Morgan fingerprint density at radius 2 is 1.74 bits per heavy atom. The van der Waals surface area contributed by atoms with Crippen LogP contribution in [0.3, 0.4) is 0 Å². The number of carboxylic acid groups (broad SMARTS) is 1. The van der Waals surface area contributed by atoms with Crippen molar-refractivity contribution in [2.75, 3.05) is 36.0 Å². The average molecular weight is 569 g/mol. The lowest BCUT2D eigenvalue weighted by Crippen LogP contribution is -2.61. The molecule has 3 aromatic rings. The first-order chi connectivity index (χ1) is 18.4. The molecule has 1 saturated heterocycles. The van der Waals surface area contributed by atoms with Crippen LogP contribution < -0.4 is 9.80 Å². The second-order valence-corrected chi connectivity index (χ2v) is 12.1. The third-order valence-electron chi connectivity index (χ3n) is 7.27. The van der Waals surface area contributed by atoms with E-state index in [0.29, 0.717) is 53.3 Å². The van der Waals surface area contributed by atoms with E-state index in [1.54, 1.807) is 24.5 Å². The monoisotopic (exact) mass is 568 g/mol. The van der Waals surface area contributed by atoms with Crippen LogP contribution in [0.25, 0.3) is 0 Å². The highest BCUT2D eigenvalue weighted by Crippen LogP contribution is 2.43. The Bertz CT molecular complexity index is 1440. The number of carboxylic acids is 1. The number of nitrogens with zero attached hydrogens (tertiary/aromatic N) is 6. The van der Waals surface area contributed by atoms with Crippen LogP contribution in [-0.4, -0.2) is 68.6 Å². The number of carbonyl (C=O) groups excluding carboxylic acids is 1. The lowest BCUT2D eigenvalue weighted by atomic mass is 9.92. The third-order valence-corrected chi connectivity index (χ3v) is 8.01. The minimum absolute atomic E-state index is 0.0646. The molecule has 0 unspecified atom stereocenters. The molecule has 0 atom stereocenters. The summed E-state index contributed by atoms with van der Waals surface area (Å²) in [6.07, 6.45) is 3.08. The predicted molar refractivity (Wildman–Crippen MR) is 151 cm³/mol. The maximum Gasteiger partial charge on any atom is 0.307 e. The Kier molecular flexibility index (Phi) is 6.93. The molecular weight excluding hydrogens is 539 g/mol. The molecule has 2 aromatic heterocycles. The summed E-state index contributed by atoms with van der Waals surface area (Å²) >= 11 is 12.4. The van der Waals surface area contributed by atoms with E-state index in [1.165, 1.54) is 0 Å². The van der Waals surface area contributed by atoms with Gasteiger partial charge in [0.25, 0.3) is 5.91 Å². The number of anilines is 3. The van der Waals surface area contributed by atoms with Gasteiger partial charge in [-0.1, -0.05) is 43.1 Å². The highest BCUT2D eigenvalue weighted by molar-refractivity contribution is 6.42. The molecule has 0 saturated carbocycles. The largest absolute Gasteiger partial charge is 0.481 e. The second kappa shape index (κ2) is 9.95. The minimum Gasteiger partial charge on any atom is -0.481 e. The summed E-state index contributed by atoms with van der Waals surface area (Å²) in [7, 11) is 0. The van der Waals surface area contributed by atoms with E-state index in [2.05, 4.69) is 28.6 Å². The summed E-state index contributed by atoms with van der Waals surface area (Å²) < 4.78 is 0. The zero-order chi connectivity index (χ0) is 28.1. The van der Waals surface area contributed by atoms with Crippen LogP contribution in [-0.2, 0) is 16.6 Å². The molecule has 11 heteroatoms. The fourth-order valence-electron chi connectivity index (χ4n) is 5.30. The summed E-state index contributed by atoms with van der Waals surface area (Å²) in [6.45, 7) is 10.5. The molecule has 2 aliphatic heterocycles. The molecule has 204 valence electrons. The van der Waals surface area contributed by atoms with Crippen molar-refractivity contribution in [3.05, 3.63) is 69.7 Å². The van der Waals surface area contributed by atoms with Gasteiger partial charge in [-0.3, -0.25) is 9.59 Å². The first-order valence-electron chi connectivity index (χ1n) is 12.7. The number of pyridine rings is 1. The molecule has 0 bridgehead atoms.